The van der Waals surface area contributed by atoms with E-state index in [-0.39, 0.29) is 5.91 Å². The van der Waals surface area contributed by atoms with E-state index in [1.54, 1.807) is 0 Å². The van der Waals surface area contributed by atoms with Crippen molar-refractivity contribution >= 4 is 22.9 Å². The van der Waals surface area contributed by atoms with Crippen molar-refractivity contribution in [1.82, 2.24) is 5.32 Å². The lowest BCUT2D eigenvalue weighted by Crippen LogP contribution is -2.40. The molecule has 1 amide bonds. The Bertz CT molecular complexity index is 553. The summed E-state index contributed by atoms with van der Waals surface area (Å²) < 4.78 is 0. The van der Waals surface area contributed by atoms with E-state index in [0.717, 1.165) is 17.8 Å². The number of para-hydroxylation sites is 1. The Morgan fingerprint density at radius 1 is 1.25 bits per heavy atom. The summed E-state index contributed by atoms with van der Waals surface area (Å²) in [5, 5.41) is 4.99. The van der Waals surface area contributed by atoms with Gasteiger partial charge in [-0.1, -0.05) is 24.3 Å². The summed E-state index contributed by atoms with van der Waals surface area (Å²) in [6.07, 6.45) is 2.33. The molecule has 1 aliphatic rings. The second-order valence-corrected chi connectivity index (χ2v) is 5.96. The quantitative estimate of drug-likeness (QED) is 0.936. The molecule has 0 radical (unpaired) electrons. The average molecular weight is 286 g/mol. The number of thiophene rings is 1. The van der Waals surface area contributed by atoms with Crippen molar-refractivity contribution in [2.24, 2.45) is 0 Å². The Balaban J connectivity index is 1.61. The monoisotopic (exact) mass is 286 g/mol. The molecule has 2 heterocycles. The molecule has 3 nitrogen and oxygen atoms in total. The van der Waals surface area contributed by atoms with Gasteiger partial charge in [0, 0.05) is 24.8 Å². The van der Waals surface area contributed by atoms with Crippen molar-refractivity contribution in [3.8, 4) is 0 Å². The Morgan fingerprint density at radius 3 is 2.85 bits per heavy atom. The van der Waals surface area contributed by atoms with E-state index < -0.39 is 0 Å². The lowest BCUT2D eigenvalue weighted by atomic mass is 10.2. The minimum Gasteiger partial charge on any atom is -0.367 e. The molecule has 0 aliphatic carbocycles. The molecule has 1 saturated heterocycles. The number of nitrogens with one attached hydrogen (secondary N) is 1. The Hall–Kier alpha value is -1.81. The van der Waals surface area contributed by atoms with Crippen molar-refractivity contribution in [2.45, 2.75) is 18.9 Å². The fourth-order valence-electron chi connectivity index (χ4n) is 2.71. The van der Waals surface area contributed by atoms with E-state index in [4.69, 9.17) is 0 Å². The fraction of sp³-hybridized carbons (Fsp3) is 0.312. The molecular formula is C16H18N2OS. The van der Waals surface area contributed by atoms with Crippen LogP contribution in [0, 0.1) is 0 Å². The third kappa shape index (κ3) is 2.85. The van der Waals surface area contributed by atoms with Gasteiger partial charge in [-0.2, -0.15) is 0 Å². The number of hydrogen-bond donors (Lipinski definition) is 1. The van der Waals surface area contributed by atoms with Gasteiger partial charge >= 0.3 is 0 Å². The van der Waals surface area contributed by atoms with Gasteiger partial charge in [-0.3, -0.25) is 4.79 Å². The van der Waals surface area contributed by atoms with Crippen LogP contribution in [-0.2, 0) is 0 Å². The molecule has 1 fully saturated rings. The highest BCUT2D eigenvalue weighted by molar-refractivity contribution is 7.12. The summed E-state index contributed by atoms with van der Waals surface area (Å²) in [4.78, 5) is 15.2. The minimum atomic E-state index is 0.0416. The van der Waals surface area contributed by atoms with Crippen LogP contribution in [0.15, 0.2) is 47.8 Å². The molecule has 20 heavy (non-hydrogen) atoms. The molecular weight excluding hydrogens is 268 g/mol. The molecule has 0 spiro atoms. The van der Waals surface area contributed by atoms with Gasteiger partial charge in [0.25, 0.3) is 5.91 Å². The summed E-state index contributed by atoms with van der Waals surface area (Å²) in [7, 11) is 0. The average Bonchev–Trinajstić information content (AvgIpc) is 3.17. The van der Waals surface area contributed by atoms with Crippen LogP contribution < -0.4 is 10.2 Å². The fourth-order valence-corrected chi connectivity index (χ4v) is 3.35. The van der Waals surface area contributed by atoms with E-state index in [0.29, 0.717) is 12.6 Å². The molecule has 0 bridgehead atoms. The largest absolute Gasteiger partial charge is 0.367 e. The second-order valence-electron chi connectivity index (χ2n) is 5.01. The number of amides is 1. The topological polar surface area (TPSA) is 32.3 Å². The third-order valence-corrected chi connectivity index (χ3v) is 4.58. The number of carbonyl (C=O) groups excluding carboxylic acids is 1. The van der Waals surface area contributed by atoms with Crippen molar-refractivity contribution in [3.63, 3.8) is 0 Å². The van der Waals surface area contributed by atoms with Crippen LogP contribution in [0.1, 0.15) is 22.5 Å². The number of carbonyl (C=O) groups is 1. The lowest BCUT2D eigenvalue weighted by molar-refractivity contribution is 0.0955. The van der Waals surface area contributed by atoms with Crippen LogP contribution in [0.4, 0.5) is 5.69 Å². The van der Waals surface area contributed by atoms with Crippen LogP contribution >= 0.6 is 11.3 Å². The van der Waals surface area contributed by atoms with Crippen LogP contribution in [0.25, 0.3) is 0 Å². The summed E-state index contributed by atoms with van der Waals surface area (Å²) >= 11 is 1.49. The van der Waals surface area contributed by atoms with E-state index in [2.05, 4.69) is 34.5 Å². The number of nitrogens with zero attached hydrogens (tertiary/aromatic N) is 1. The zero-order valence-electron chi connectivity index (χ0n) is 11.3. The zero-order valence-corrected chi connectivity index (χ0v) is 12.1. The first-order valence-electron chi connectivity index (χ1n) is 6.98. The molecule has 0 saturated carbocycles. The zero-order chi connectivity index (χ0) is 13.8. The van der Waals surface area contributed by atoms with Crippen LogP contribution in [0.2, 0.25) is 0 Å². The van der Waals surface area contributed by atoms with E-state index in [1.807, 2.05) is 23.6 Å². The normalized spacial score (nSPS) is 18.2. The SMILES string of the molecule is O=C(NCC1CCCN1c1ccccc1)c1cccs1. The third-order valence-electron chi connectivity index (χ3n) is 3.71. The second kappa shape index (κ2) is 6.09. The summed E-state index contributed by atoms with van der Waals surface area (Å²) in [6.45, 7) is 1.79. The molecule has 2 aromatic rings. The van der Waals surface area contributed by atoms with Crippen LogP contribution in [-0.4, -0.2) is 25.0 Å². The first-order chi connectivity index (χ1) is 9.84. The first-order valence-corrected chi connectivity index (χ1v) is 7.86. The molecule has 1 N–H and O–H groups in total. The molecule has 1 atom stereocenters. The highest BCUT2D eigenvalue weighted by atomic mass is 32.1. The number of benzene rings is 1. The predicted octanol–water partition coefficient (Wildman–Crippen LogP) is 3.15. The van der Waals surface area contributed by atoms with Gasteiger partial charge in [-0.15, -0.1) is 11.3 Å². The van der Waals surface area contributed by atoms with Crippen molar-refractivity contribution in [3.05, 3.63) is 52.7 Å². The number of anilines is 1. The van der Waals surface area contributed by atoms with Gasteiger partial charge in [0.15, 0.2) is 0 Å². The molecule has 1 aromatic heterocycles. The molecule has 104 valence electrons. The molecule has 1 aliphatic heterocycles. The summed E-state index contributed by atoms with van der Waals surface area (Å²) in [6, 6.07) is 14.6. The Labute approximate surface area is 123 Å². The Kier molecular flexibility index (Phi) is 4.02. The molecule has 4 heteroatoms. The summed E-state index contributed by atoms with van der Waals surface area (Å²) in [5.41, 5.74) is 1.25. The van der Waals surface area contributed by atoms with Gasteiger partial charge in [0.05, 0.1) is 4.88 Å². The van der Waals surface area contributed by atoms with Crippen molar-refractivity contribution in [2.75, 3.05) is 18.0 Å². The lowest BCUT2D eigenvalue weighted by Gasteiger charge is -2.27. The maximum Gasteiger partial charge on any atom is 0.261 e. The van der Waals surface area contributed by atoms with Crippen LogP contribution in [0.3, 0.4) is 0 Å². The smallest absolute Gasteiger partial charge is 0.261 e. The highest BCUT2D eigenvalue weighted by Crippen LogP contribution is 2.24. The summed E-state index contributed by atoms with van der Waals surface area (Å²) in [5.74, 6) is 0.0416. The van der Waals surface area contributed by atoms with Gasteiger partial charge in [0.2, 0.25) is 0 Å². The first kappa shape index (κ1) is 13.2. The van der Waals surface area contributed by atoms with E-state index >= 15 is 0 Å². The Morgan fingerprint density at radius 2 is 2.10 bits per heavy atom. The van der Waals surface area contributed by atoms with Crippen LogP contribution in [0.5, 0.6) is 0 Å². The van der Waals surface area contributed by atoms with E-state index in [9.17, 15) is 4.79 Å². The number of hydrogen-bond acceptors (Lipinski definition) is 3. The maximum atomic E-state index is 12.0. The van der Waals surface area contributed by atoms with Gasteiger partial charge in [0.1, 0.15) is 0 Å². The number of rotatable bonds is 4. The molecule has 3 rings (SSSR count). The minimum absolute atomic E-state index is 0.0416. The standard InChI is InChI=1S/C16H18N2OS/c19-16(15-9-5-11-20-15)17-12-14-8-4-10-18(14)13-6-2-1-3-7-13/h1-3,5-7,9,11,14H,4,8,10,12H2,(H,17,19). The molecule has 1 unspecified atom stereocenters. The van der Waals surface area contributed by atoms with E-state index in [1.165, 1.54) is 23.4 Å². The van der Waals surface area contributed by atoms with Gasteiger partial charge in [-0.25, -0.2) is 0 Å². The van der Waals surface area contributed by atoms with Crippen molar-refractivity contribution < 1.29 is 4.79 Å². The van der Waals surface area contributed by atoms with Gasteiger partial charge < -0.3 is 10.2 Å². The predicted molar refractivity (Wildman–Crippen MR) is 83.5 cm³/mol. The van der Waals surface area contributed by atoms with Gasteiger partial charge in [-0.05, 0) is 36.4 Å². The van der Waals surface area contributed by atoms with Crippen molar-refractivity contribution in [1.29, 1.82) is 0 Å². The molecule has 1 aromatic carbocycles. The maximum absolute atomic E-state index is 12.0. The highest BCUT2D eigenvalue weighted by Gasteiger charge is 2.25.